The predicted octanol–water partition coefficient (Wildman–Crippen LogP) is 3.24. The minimum atomic E-state index is -0.400. The summed E-state index contributed by atoms with van der Waals surface area (Å²) in [5.74, 6) is 0. The van der Waals surface area contributed by atoms with Gasteiger partial charge in [-0.05, 0) is 24.5 Å². The zero-order chi connectivity index (χ0) is 13.8. The highest BCUT2D eigenvalue weighted by Gasteiger charge is 2.29. The molecule has 0 atom stereocenters. The Morgan fingerprint density at radius 1 is 1.53 bits per heavy atom. The molecule has 19 heavy (non-hydrogen) atoms. The first-order valence-electron chi connectivity index (χ1n) is 6.15. The normalized spacial score (nSPS) is 14.4. The summed E-state index contributed by atoms with van der Waals surface area (Å²) in [5.41, 5.74) is 1.11. The van der Waals surface area contributed by atoms with Crippen LogP contribution in [-0.2, 0) is 6.54 Å². The van der Waals surface area contributed by atoms with E-state index in [2.05, 4.69) is 26.9 Å². The van der Waals surface area contributed by atoms with Crippen LogP contribution in [0.3, 0.4) is 0 Å². The van der Waals surface area contributed by atoms with Crippen molar-refractivity contribution in [1.82, 2.24) is 4.90 Å². The van der Waals surface area contributed by atoms with Crippen molar-refractivity contribution in [3.05, 3.63) is 38.3 Å². The zero-order valence-electron chi connectivity index (χ0n) is 10.4. The molecule has 0 radical (unpaired) electrons. The summed E-state index contributed by atoms with van der Waals surface area (Å²) in [7, 11) is 0. The van der Waals surface area contributed by atoms with Crippen molar-refractivity contribution >= 4 is 21.6 Å². The number of rotatable bonds is 6. The van der Waals surface area contributed by atoms with E-state index in [1.807, 2.05) is 0 Å². The van der Waals surface area contributed by atoms with Crippen molar-refractivity contribution in [1.29, 1.82) is 5.26 Å². The molecule has 1 fully saturated rings. The molecule has 1 aromatic rings. The van der Waals surface area contributed by atoms with E-state index in [0.29, 0.717) is 12.5 Å². The van der Waals surface area contributed by atoms with Crippen molar-refractivity contribution in [2.45, 2.75) is 31.8 Å². The Morgan fingerprint density at radius 3 is 2.79 bits per heavy atom. The van der Waals surface area contributed by atoms with Crippen LogP contribution in [0.5, 0.6) is 0 Å². The lowest BCUT2D eigenvalue weighted by Crippen LogP contribution is -2.26. The number of hydrogen-bond donors (Lipinski definition) is 0. The van der Waals surface area contributed by atoms with Crippen LogP contribution in [0.4, 0.5) is 5.69 Å². The van der Waals surface area contributed by atoms with Gasteiger partial charge in [-0.15, -0.1) is 0 Å². The van der Waals surface area contributed by atoms with Crippen LogP contribution in [-0.4, -0.2) is 22.4 Å². The summed E-state index contributed by atoms with van der Waals surface area (Å²) in [6, 6.07) is 7.57. The van der Waals surface area contributed by atoms with Gasteiger partial charge in [-0.25, -0.2) is 0 Å². The molecule has 0 spiro atoms. The molecule has 1 aromatic carbocycles. The first-order valence-corrected chi connectivity index (χ1v) is 6.95. The standard InChI is InChI=1S/C13H14BrN3O2/c14-13-8-12(17(18)19)3-2-10(13)9-16(7-1-6-15)11-4-5-11/h2-3,8,11H,1,4-5,7,9H2. The third kappa shape index (κ3) is 3.75. The van der Waals surface area contributed by atoms with Crippen LogP contribution >= 0.6 is 15.9 Å². The van der Waals surface area contributed by atoms with E-state index >= 15 is 0 Å². The van der Waals surface area contributed by atoms with Crippen molar-refractivity contribution in [3.8, 4) is 6.07 Å². The summed E-state index contributed by atoms with van der Waals surface area (Å²) in [6.45, 7) is 1.48. The van der Waals surface area contributed by atoms with Crippen LogP contribution in [0, 0.1) is 21.4 Å². The summed E-state index contributed by atoms with van der Waals surface area (Å²) in [5, 5.41) is 19.4. The minimum Gasteiger partial charge on any atom is -0.295 e. The highest BCUT2D eigenvalue weighted by Crippen LogP contribution is 2.31. The van der Waals surface area contributed by atoms with Crippen LogP contribution in [0.2, 0.25) is 0 Å². The third-order valence-electron chi connectivity index (χ3n) is 3.19. The van der Waals surface area contributed by atoms with Crippen LogP contribution in [0.25, 0.3) is 0 Å². The topological polar surface area (TPSA) is 70.2 Å². The number of non-ortho nitro benzene ring substituents is 1. The van der Waals surface area contributed by atoms with Gasteiger partial charge in [-0.1, -0.05) is 15.9 Å². The van der Waals surface area contributed by atoms with Crippen LogP contribution in [0.15, 0.2) is 22.7 Å². The average Bonchev–Trinajstić information content (AvgIpc) is 3.20. The van der Waals surface area contributed by atoms with E-state index in [-0.39, 0.29) is 5.69 Å². The number of nitrogens with zero attached hydrogens (tertiary/aromatic N) is 3. The van der Waals surface area contributed by atoms with Crippen molar-refractivity contribution in [3.63, 3.8) is 0 Å². The fraction of sp³-hybridized carbons (Fsp3) is 0.462. The third-order valence-corrected chi connectivity index (χ3v) is 3.93. The maximum atomic E-state index is 10.7. The van der Waals surface area contributed by atoms with Crippen molar-refractivity contribution < 1.29 is 4.92 Å². The van der Waals surface area contributed by atoms with Crippen LogP contribution < -0.4 is 0 Å². The van der Waals surface area contributed by atoms with Gasteiger partial charge in [0.25, 0.3) is 5.69 Å². The molecule has 0 aromatic heterocycles. The molecular formula is C13H14BrN3O2. The van der Waals surface area contributed by atoms with E-state index in [0.717, 1.165) is 23.1 Å². The highest BCUT2D eigenvalue weighted by atomic mass is 79.9. The van der Waals surface area contributed by atoms with E-state index < -0.39 is 4.92 Å². The maximum absolute atomic E-state index is 10.7. The summed E-state index contributed by atoms with van der Waals surface area (Å²) in [4.78, 5) is 12.6. The molecule has 0 saturated heterocycles. The smallest absolute Gasteiger partial charge is 0.270 e. The fourth-order valence-corrected chi connectivity index (χ4v) is 2.51. The lowest BCUT2D eigenvalue weighted by atomic mass is 10.2. The number of benzene rings is 1. The molecule has 5 nitrogen and oxygen atoms in total. The maximum Gasteiger partial charge on any atom is 0.270 e. The van der Waals surface area contributed by atoms with Gasteiger partial charge < -0.3 is 0 Å². The molecule has 1 aliphatic carbocycles. The number of halogens is 1. The van der Waals surface area contributed by atoms with E-state index in [4.69, 9.17) is 5.26 Å². The van der Waals surface area contributed by atoms with Gasteiger partial charge in [-0.2, -0.15) is 5.26 Å². The quantitative estimate of drug-likeness (QED) is 0.595. The van der Waals surface area contributed by atoms with E-state index in [9.17, 15) is 10.1 Å². The number of hydrogen-bond acceptors (Lipinski definition) is 4. The first kappa shape index (κ1) is 14.0. The molecule has 1 saturated carbocycles. The molecule has 0 N–H and O–H groups in total. The summed E-state index contributed by atoms with van der Waals surface area (Å²) in [6.07, 6.45) is 2.87. The van der Waals surface area contributed by atoms with Gasteiger partial charge in [-0.3, -0.25) is 15.0 Å². The Morgan fingerprint density at radius 2 is 2.26 bits per heavy atom. The predicted molar refractivity (Wildman–Crippen MR) is 74.5 cm³/mol. The average molecular weight is 324 g/mol. The molecule has 2 rings (SSSR count). The van der Waals surface area contributed by atoms with Gasteiger partial charge in [0.05, 0.1) is 11.0 Å². The fourth-order valence-electron chi connectivity index (χ4n) is 2.02. The lowest BCUT2D eigenvalue weighted by Gasteiger charge is -2.21. The highest BCUT2D eigenvalue weighted by molar-refractivity contribution is 9.10. The van der Waals surface area contributed by atoms with Crippen molar-refractivity contribution in [2.24, 2.45) is 0 Å². The molecule has 6 heteroatoms. The SMILES string of the molecule is N#CCCN(Cc1ccc([N+](=O)[O-])cc1Br)C1CC1. The van der Waals surface area contributed by atoms with Gasteiger partial charge in [0.2, 0.25) is 0 Å². The first-order chi connectivity index (χ1) is 9.11. The molecule has 0 bridgehead atoms. The molecule has 100 valence electrons. The van der Waals surface area contributed by atoms with Gasteiger partial charge in [0.1, 0.15) is 0 Å². The summed E-state index contributed by atoms with van der Waals surface area (Å²) < 4.78 is 0.754. The van der Waals surface area contributed by atoms with Gasteiger partial charge in [0, 0.05) is 42.2 Å². The Bertz CT molecular complexity index is 523. The zero-order valence-corrected chi connectivity index (χ0v) is 12.0. The number of nitriles is 1. The molecule has 0 aliphatic heterocycles. The number of nitro groups is 1. The molecule has 0 amide bonds. The second kappa shape index (κ2) is 6.13. The Hall–Kier alpha value is -1.45. The Kier molecular flexibility index (Phi) is 4.51. The van der Waals surface area contributed by atoms with Gasteiger partial charge >= 0.3 is 0 Å². The van der Waals surface area contributed by atoms with Crippen LogP contribution in [0.1, 0.15) is 24.8 Å². The molecule has 1 aliphatic rings. The Balaban J connectivity index is 2.08. The second-order valence-corrected chi connectivity index (χ2v) is 5.50. The minimum absolute atomic E-state index is 0.0885. The second-order valence-electron chi connectivity index (χ2n) is 4.64. The molecular weight excluding hydrogens is 310 g/mol. The van der Waals surface area contributed by atoms with E-state index in [1.165, 1.54) is 25.0 Å². The largest absolute Gasteiger partial charge is 0.295 e. The monoisotopic (exact) mass is 323 g/mol. The number of nitro benzene ring substituents is 1. The lowest BCUT2D eigenvalue weighted by molar-refractivity contribution is -0.384. The van der Waals surface area contributed by atoms with Crippen molar-refractivity contribution in [2.75, 3.05) is 6.54 Å². The van der Waals surface area contributed by atoms with Gasteiger partial charge in [0.15, 0.2) is 0 Å². The summed E-state index contributed by atoms with van der Waals surface area (Å²) >= 11 is 3.39. The Labute approximate surface area is 120 Å². The molecule has 0 unspecified atom stereocenters. The molecule has 0 heterocycles. The van der Waals surface area contributed by atoms with E-state index in [1.54, 1.807) is 6.07 Å².